The summed E-state index contributed by atoms with van der Waals surface area (Å²) in [5.41, 5.74) is 0.470. The highest BCUT2D eigenvalue weighted by Gasteiger charge is 2.30. The van der Waals surface area contributed by atoms with Crippen molar-refractivity contribution in [3.05, 3.63) is 65.0 Å². The van der Waals surface area contributed by atoms with Crippen molar-refractivity contribution >= 4 is 17.6 Å². The van der Waals surface area contributed by atoms with Crippen LogP contribution in [0.1, 0.15) is 27.2 Å². The van der Waals surface area contributed by atoms with Crippen molar-refractivity contribution in [1.29, 1.82) is 5.26 Å². The van der Waals surface area contributed by atoms with Crippen molar-refractivity contribution in [3.8, 4) is 6.07 Å². The number of carbonyl (C=O) groups excluding carboxylic acids is 1. The third kappa shape index (κ3) is 3.98. The number of nitrogens with one attached hydrogen (secondary N) is 1. The molecule has 0 aliphatic heterocycles. The zero-order valence-corrected chi connectivity index (χ0v) is 12.6. The van der Waals surface area contributed by atoms with Crippen molar-refractivity contribution < 1.29 is 18.0 Å². The summed E-state index contributed by atoms with van der Waals surface area (Å²) in [6.45, 7) is 0. The maximum absolute atomic E-state index is 12.5. The van der Waals surface area contributed by atoms with E-state index in [9.17, 15) is 23.2 Å². The minimum atomic E-state index is -4.47. The Hall–Kier alpha value is -3.14. The molecule has 7 heteroatoms. The molecule has 2 aromatic rings. The number of nitriles is 1. The molecule has 24 heavy (non-hydrogen) atoms. The highest BCUT2D eigenvalue weighted by atomic mass is 19.4. The molecule has 1 N–H and O–H groups in total. The summed E-state index contributed by atoms with van der Waals surface area (Å²) in [5.74, 6) is -0.240. The van der Waals surface area contributed by atoms with E-state index in [4.69, 9.17) is 0 Å². The second-order valence-corrected chi connectivity index (χ2v) is 4.80. The summed E-state index contributed by atoms with van der Waals surface area (Å²) in [6, 6.07) is 10.4. The van der Waals surface area contributed by atoms with Crippen LogP contribution in [0.5, 0.6) is 0 Å². The number of alkyl halides is 3. The van der Waals surface area contributed by atoms with Gasteiger partial charge in [0.15, 0.2) is 0 Å². The van der Waals surface area contributed by atoms with Crippen molar-refractivity contribution in [2.24, 2.45) is 0 Å². The van der Waals surface area contributed by atoms with E-state index in [1.165, 1.54) is 13.1 Å². The summed E-state index contributed by atoms with van der Waals surface area (Å²) >= 11 is 0. The lowest BCUT2D eigenvalue weighted by atomic mass is 10.1. The zero-order valence-electron chi connectivity index (χ0n) is 12.6. The van der Waals surface area contributed by atoms with Gasteiger partial charge in [0, 0.05) is 18.8 Å². The number of amides is 1. The summed E-state index contributed by atoms with van der Waals surface area (Å²) in [7, 11) is 1.51. The molecule has 1 amide bonds. The van der Waals surface area contributed by atoms with Crippen molar-refractivity contribution in [3.63, 3.8) is 0 Å². The normalized spacial score (nSPS) is 11.7. The summed E-state index contributed by atoms with van der Waals surface area (Å²) in [5, 5.41) is 11.7. The van der Waals surface area contributed by atoms with Crippen LogP contribution < -0.4 is 5.32 Å². The van der Waals surface area contributed by atoms with Gasteiger partial charge in [-0.1, -0.05) is 12.1 Å². The smallest absolute Gasteiger partial charge is 0.355 e. The molecule has 1 heterocycles. The lowest BCUT2D eigenvalue weighted by Crippen LogP contribution is -2.17. The van der Waals surface area contributed by atoms with E-state index in [0.717, 1.165) is 12.1 Å². The second-order valence-electron chi connectivity index (χ2n) is 4.80. The van der Waals surface area contributed by atoms with Gasteiger partial charge in [-0.3, -0.25) is 9.78 Å². The van der Waals surface area contributed by atoms with Crippen LogP contribution in [0.2, 0.25) is 0 Å². The number of allylic oxidation sites excluding steroid dienone is 1. The van der Waals surface area contributed by atoms with E-state index >= 15 is 0 Å². The number of aromatic nitrogens is 1. The first-order valence-corrected chi connectivity index (χ1v) is 6.82. The number of hydrogen-bond donors (Lipinski definition) is 1. The molecule has 0 spiro atoms. The maximum atomic E-state index is 12.5. The monoisotopic (exact) mass is 331 g/mol. The van der Waals surface area contributed by atoms with Crippen LogP contribution in [0.25, 0.3) is 11.6 Å². The lowest BCUT2D eigenvalue weighted by molar-refractivity contribution is -0.137. The van der Waals surface area contributed by atoms with Crippen LogP contribution in [0, 0.1) is 11.3 Å². The van der Waals surface area contributed by atoms with Gasteiger partial charge in [-0.25, -0.2) is 0 Å². The topological polar surface area (TPSA) is 65.8 Å². The number of halogens is 3. The third-order valence-corrected chi connectivity index (χ3v) is 3.20. The molecular weight excluding hydrogens is 319 g/mol. The molecule has 4 nitrogen and oxygen atoms in total. The molecule has 0 aliphatic carbocycles. The average molecular weight is 331 g/mol. The molecular formula is C17H12F3N3O. The number of rotatable bonds is 3. The Kier molecular flexibility index (Phi) is 4.99. The Bertz CT molecular complexity index is 801. The van der Waals surface area contributed by atoms with Gasteiger partial charge in [-0.05, 0) is 35.9 Å². The van der Waals surface area contributed by atoms with Crippen molar-refractivity contribution in [2.45, 2.75) is 6.18 Å². The largest absolute Gasteiger partial charge is 0.417 e. The van der Waals surface area contributed by atoms with E-state index in [2.05, 4.69) is 10.3 Å². The Balaban J connectivity index is 2.29. The standard InChI is InChI=1S/C17H12F3N3O/c1-22-16(24)12-4-2-11(3-5-12)8-13(9-21)15-7-6-14(10-23-15)17(18,19)20/h2-8,10H,1H3,(H,22,24)/b13-8+. The van der Waals surface area contributed by atoms with E-state index in [1.54, 1.807) is 24.3 Å². The quantitative estimate of drug-likeness (QED) is 0.875. The van der Waals surface area contributed by atoms with Crippen LogP contribution in [-0.4, -0.2) is 17.9 Å². The minimum absolute atomic E-state index is 0.122. The number of hydrogen-bond acceptors (Lipinski definition) is 3. The van der Waals surface area contributed by atoms with Gasteiger partial charge in [-0.15, -0.1) is 0 Å². The molecule has 2 rings (SSSR count). The molecule has 0 saturated carbocycles. The van der Waals surface area contributed by atoms with Gasteiger partial charge >= 0.3 is 6.18 Å². The zero-order chi connectivity index (χ0) is 17.7. The molecule has 0 radical (unpaired) electrons. The predicted molar refractivity (Wildman–Crippen MR) is 82.6 cm³/mol. The fourth-order valence-electron chi connectivity index (χ4n) is 1.93. The van der Waals surface area contributed by atoms with E-state index in [0.29, 0.717) is 17.3 Å². The fraction of sp³-hybridized carbons (Fsp3) is 0.118. The summed E-state index contributed by atoms with van der Waals surface area (Å²) in [6.07, 6.45) is -2.30. The van der Waals surface area contributed by atoms with Crippen molar-refractivity contribution in [1.82, 2.24) is 10.3 Å². The SMILES string of the molecule is CNC(=O)c1ccc(/C=C(\C#N)c2ccc(C(F)(F)F)cn2)cc1. The van der Waals surface area contributed by atoms with Crippen molar-refractivity contribution in [2.75, 3.05) is 7.05 Å². The first kappa shape index (κ1) is 17.2. The van der Waals surface area contributed by atoms with Crippen LogP contribution in [0.15, 0.2) is 42.6 Å². The third-order valence-electron chi connectivity index (χ3n) is 3.20. The molecule has 0 bridgehead atoms. The van der Waals surface area contributed by atoms with Gasteiger partial charge < -0.3 is 5.32 Å². The molecule has 1 aromatic heterocycles. The predicted octanol–water partition coefficient (Wildman–Crippen LogP) is 3.52. The molecule has 122 valence electrons. The highest BCUT2D eigenvalue weighted by Crippen LogP contribution is 2.29. The van der Waals surface area contributed by atoms with E-state index < -0.39 is 11.7 Å². The first-order chi connectivity index (χ1) is 11.3. The number of nitrogens with zero attached hydrogens (tertiary/aromatic N) is 2. The molecule has 0 fully saturated rings. The Morgan fingerprint density at radius 2 is 1.88 bits per heavy atom. The lowest BCUT2D eigenvalue weighted by Gasteiger charge is -2.06. The van der Waals surface area contributed by atoms with Crippen LogP contribution in [0.4, 0.5) is 13.2 Å². The van der Waals surface area contributed by atoms with Gasteiger partial charge in [0.05, 0.1) is 16.8 Å². The maximum Gasteiger partial charge on any atom is 0.417 e. The average Bonchev–Trinajstić information content (AvgIpc) is 2.59. The summed E-state index contributed by atoms with van der Waals surface area (Å²) < 4.78 is 37.6. The van der Waals surface area contributed by atoms with E-state index in [1.807, 2.05) is 6.07 Å². The van der Waals surface area contributed by atoms with Crippen LogP contribution in [-0.2, 0) is 6.18 Å². The molecule has 1 aromatic carbocycles. The Labute approximate surface area is 136 Å². The molecule has 0 saturated heterocycles. The minimum Gasteiger partial charge on any atom is -0.355 e. The summed E-state index contributed by atoms with van der Waals surface area (Å²) in [4.78, 5) is 15.2. The van der Waals surface area contributed by atoms with E-state index in [-0.39, 0.29) is 17.2 Å². The van der Waals surface area contributed by atoms with Gasteiger partial charge in [0.1, 0.15) is 6.07 Å². The molecule has 0 atom stereocenters. The number of benzene rings is 1. The van der Waals surface area contributed by atoms with Gasteiger partial charge in [0.25, 0.3) is 5.91 Å². The number of carbonyl (C=O) groups is 1. The first-order valence-electron chi connectivity index (χ1n) is 6.82. The molecule has 0 unspecified atom stereocenters. The van der Waals surface area contributed by atoms with Gasteiger partial charge in [-0.2, -0.15) is 18.4 Å². The second kappa shape index (κ2) is 6.96. The Morgan fingerprint density at radius 1 is 1.21 bits per heavy atom. The fourth-order valence-corrected chi connectivity index (χ4v) is 1.93. The van der Waals surface area contributed by atoms with Crippen LogP contribution >= 0.6 is 0 Å². The number of pyridine rings is 1. The molecule has 0 aliphatic rings. The highest BCUT2D eigenvalue weighted by molar-refractivity contribution is 5.94. The van der Waals surface area contributed by atoms with Gasteiger partial charge in [0.2, 0.25) is 0 Å². The van der Waals surface area contributed by atoms with Crippen LogP contribution in [0.3, 0.4) is 0 Å². The Morgan fingerprint density at radius 3 is 2.33 bits per heavy atom.